The summed E-state index contributed by atoms with van der Waals surface area (Å²) in [6.07, 6.45) is 7.47. The number of rotatable bonds is 5. The fraction of sp³-hybridized carbons (Fsp3) is 0.688. The van der Waals surface area contributed by atoms with Gasteiger partial charge in [-0.25, -0.2) is 0 Å². The summed E-state index contributed by atoms with van der Waals surface area (Å²) < 4.78 is 5.49. The van der Waals surface area contributed by atoms with Crippen LogP contribution in [-0.4, -0.2) is 36.1 Å². The van der Waals surface area contributed by atoms with E-state index in [4.69, 9.17) is 4.74 Å². The van der Waals surface area contributed by atoms with E-state index in [-0.39, 0.29) is 0 Å². The number of thiophene rings is 1. The van der Waals surface area contributed by atoms with Crippen molar-refractivity contribution in [2.24, 2.45) is 0 Å². The normalized spacial score (nSPS) is 28.9. The van der Waals surface area contributed by atoms with Crippen LogP contribution < -0.4 is 0 Å². The lowest BCUT2D eigenvalue weighted by Crippen LogP contribution is -2.48. The van der Waals surface area contributed by atoms with Crippen molar-refractivity contribution in [3.63, 3.8) is 0 Å². The molecule has 0 N–H and O–H groups in total. The van der Waals surface area contributed by atoms with Crippen LogP contribution in [0.1, 0.15) is 43.4 Å². The van der Waals surface area contributed by atoms with Crippen molar-refractivity contribution in [1.82, 2.24) is 4.90 Å². The second kappa shape index (κ2) is 6.27. The van der Waals surface area contributed by atoms with Crippen LogP contribution in [0.25, 0.3) is 0 Å². The van der Waals surface area contributed by atoms with E-state index < -0.39 is 0 Å². The predicted octanol–water partition coefficient (Wildman–Crippen LogP) is 3.24. The van der Waals surface area contributed by atoms with Crippen molar-refractivity contribution in [3.05, 3.63) is 22.4 Å². The predicted molar refractivity (Wildman–Crippen MR) is 80.9 cm³/mol. The minimum atomic E-state index is 0.364. The van der Waals surface area contributed by atoms with E-state index in [9.17, 15) is 4.79 Å². The number of carbonyl (C=O) groups is 1. The third-order valence-corrected chi connectivity index (χ3v) is 5.64. The summed E-state index contributed by atoms with van der Waals surface area (Å²) in [6.45, 7) is 0. The van der Waals surface area contributed by atoms with Gasteiger partial charge in [0.25, 0.3) is 0 Å². The summed E-state index contributed by atoms with van der Waals surface area (Å²) in [4.78, 5) is 16.0. The highest BCUT2D eigenvalue weighted by Gasteiger charge is 2.42. The maximum absolute atomic E-state index is 12.5. The van der Waals surface area contributed by atoms with Crippen LogP contribution in [0.15, 0.2) is 17.5 Å². The highest BCUT2D eigenvalue weighted by molar-refractivity contribution is 7.09. The molecule has 3 heterocycles. The van der Waals surface area contributed by atoms with Crippen molar-refractivity contribution in [1.29, 1.82) is 0 Å². The molecule has 1 aromatic heterocycles. The number of fused-ring (bicyclic) bond motifs is 2. The van der Waals surface area contributed by atoms with E-state index in [0.717, 1.165) is 25.7 Å². The maximum atomic E-state index is 12.5. The van der Waals surface area contributed by atoms with Gasteiger partial charge in [-0.1, -0.05) is 6.07 Å². The van der Waals surface area contributed by atoms with E-state index in [1.54, 1.807) is 18.4 Å². The van der Waals surface area contributed by atoms with Crippen molar-refractivity contribution in [2.45, 2.75) is 63.1 Å². The van der Waals surface area contributed by atoms with Gasteiger partial charge in [-0.05, 0) is 50.0 Å². The van der Waals surface area contributed by atoms with E-state index in [0.29, 0.717) is 30.5 Å². The number of hydrogen-bond donors (Lipinski definition) is 0. The van der Waals surface area contributed by atoms with E-state index in [1.807, 2.05) is 0 Å². The van der Waals surface area contributed by atoms with Crippen molar-refractivity contribution < 1.29 is 9.53 Å². The molecular formula is C16H23NO2S. The molecule has 0 saturated carbocycles. The number of hydrogen-bond acceptors (Lipinski definition) is 3. The first-order chi connectivity index (χ1) is 9.78. The van der Waals surface area contributed by atoms with Crippen LogP contribution in [0.2, 0.25) is 0 Å². The third kappa shape index (κ3) is 2.91. The van der Waals surface area contributed by atoms with Crippen molar-refractivity contribution in [3.8, 4) is 0 Å². The van der Waals surface area contributed by atoms with Crippen LogP contribution in [-0.2, 0) is 16.0 Å². The monoisotopic (exact) mass is 293 g/mol. The molecule has 1 unspecified atom stereocenters. The Balaban J connectivity index is 1.50. The molecule has 2 aliphatic heterocycles. The number of nitrogens with zero attached hydrogens (tertiary/aromatic N) is 1. The van der Waals surface area contributed by atoms with Gasteiger partial charge in [0.1, 0.15) is 0 Å². The van der Waals surface area contributed by atoms with Gasteiger partial charge in [-0.3, -0.25) is 4.79 Å². The minimum absolute atomic E-state index is 0.364. The van der Waals surface area contributed by atoms with Gasteiger partial charge in [0, 0.05) is 30.5 Å². The van der Waals surface area contributed by atoms with Gasteiger partial charge in [0.2, 0.25) is 5.91 Å². The average Bonchev–Trinajstić information content (AvgIpc) is 3.05. The summed E-state index contributed by atoms with van der Waals surface area (Å²) in [5, 5.41) is 2.10. The molecule has 2 aliphatic rings. The summed E-state index contributed by atoms with van der Waals surface area (Å²) >= 11 is 1.79. The molecule has 1 aromatic rings. The quantitative estimate of drug-likeness (QED) is 0.834. The Kier molecular flexibility index (Phi) is 4.41. The van der Waals surface area contributed by atoms with Crippen LogP contribution in [0.3, 0.4) is 0 Å². The molecule has 3 rings (SSSR count). The number of piperidine rings is 1. The van der Waals surface area contributed by atoms with Gasteiger partial charge in [0.05, 0.1) is 6.10 Å². The Morgan fingerprint density at radius 1 is 1.40 bits per heavy atom. The van der Waals surface area contributed by atoms with Crippen molar-refractivity contribution >= 4 is 17.2 Å². The number of amides is 1. The molecule has 0 radical (unpaired) electrons. The number of carbonyl (C=O) groups excluding carboxylic acids is 1. The molecule has 110 valence electrons. The summed E-state index contributed by atoms with van der Waals surface area (Å²) in [7, 11) is 1.79. The summed E-state index contributed by atoms with van der Waals surface area (Å²) in [5.41, 5.74) is 0. The maximum Gasteiger partial charge on any atom is 0.223 e. The zero-order valence-corrected chi connectivity index (χ0v) is 12.9. The van der Waals surface area contributed by atoms with Crippen molar-refractivity contribution in [2.75, 3.05) is 7.11 Å². The first-order valence-corrected chi connectivity index (χ1v) is 8.52. The largest absolute Gasteiger partial charge is 0.381 e. The molecule has 3 atom stereocenters. The van der Waals surface area contributed by atoms with Crippen LogP contribution in [0.4, 0.5) is 0 Å². The number of methoxy groups -OCH3 is 1. The zero-order valence-electron chi connectivity index (χ0n) is 12.1. The van der Waals surface area contributed by atoms with Crippen LogP contribution in [0, 0.1) is 0 Å². The minimum Gasteiger partial charge on any atom is -0.381 e. The van der Waals surface area contributed by atoms with Gasteiger partial charge in [0.15, 0.2) is 0 Å². The highest BCUT2D eigenvalue weighted by Crippen LogP contribution is 2.37. The smallest absolute Gasteiger partial charge is 0.223 e. The third-order valence-electron chi connectivity index (χ3n) is 4.71. The topological polar surface area (TPSA) is 29.5 Å². The van der Waals surface area contributed by atoms with Crippen LogP contribution in [0.5, 0.6) is 0 Å². The molecule has 2 fully saturated rings. The molecule has 2 bridgehead atoms. The molecule has 0 aromatic carbocycles. The Morgan fingerprint density at radius 3 is 2.75 bits per heavy atom. The molecule has 0 spiro atoms. The van der Waals surface area contributed by atoms with Gasteiger partial charge in [-0.2, -0.15) is 0 Å². The first-order valence-electron chi connectivity index (χ1n) is 7.64. The SMILES string of the molecule is COC1C[C@H]2CC[C@@H](C1)N2C(=O)CCCc1cccs1. The first kappa shape index (κ1) is 14.1. The average molecular weight is 293 g/mol. The molecule has 20 heavy (non-hydrogen) atoms. The van der Waals surface area contributed by atoms with Gasteiger partial charge >= 0.3 is 0 Å². The molecule has 4 heteroatoms. The lowest BCUT2D eigenvalue weighted by Gasteiger charge is -2.38. The number of ether oxygens (including phenoxy) is 1. The summed E-state index contributed by atoms with van der Waals surface area (Å²) in [6, 6.07) is 5.11. The second-order valence-corrected chi connectivity index (χ2v) is 6.98. The number of aryl methyl sites for hydroxylation is 1. The van der Waals surface area contributed by atoms with Crippen LogP contribution >= 0.6 is 11.3 Å². The van der Waals surface area contributed by atoms with Gasteiger partial charge in [-0.15, -0.1) is 11.3 Å². The van der Waals surface area contributed by atoms with E-state index in [1.165, 1.54) is 17.7 Å². The molecule has 3 nitrogen and oxygen atoms in total. The molecule has 2 saturated heterocycles. The summed E-state index contributed by atoms with van der Waals surface area (Å²) in [5.74, 6) is 0.364. The Hall–Kier alpha value is -0.870. The zero-order chi connectivity index (χ0) is 13.9. The Labute approximate surface area is 124 Å². The molecular weight excluding hydrogens is 270 g/mol. The lowest BCUT2D eigenvalue weighted by molar-refractivity contribution is -0.138. The Morgan fingerprint density at radius 2 is 2.15 bits per heavy atom. The fourth-order valence-corrected chi connectivity index (χ4v) is 4.48. The second-order valence-electron chi connectivity index (χ2n) is 5.95. The lowest BCUT2D eigenvalue weighted by atomic mass is 9.99. The molecule has 0 aliphatic carbocycles. The fourth-order valence-electron chi connectivity index (χ4n) is 3.72. The Bertz CT molecular complexity index is 431. The molecule has 1 amide bonds. The van der Waals surface area contributed by atoms with E-state index in [2.05, 4.69) is 22.4 Å². The van der Waals surface area contributed by atoms with E-state index >= 15 is 0 Å². The van der Waals surface area contributed by atoms with Gasteiger partial charge < -0.3 is 9.64 Å². The highest BCUT2D eigenvalue weighted by atomic mass is 32.1. The standard InChI is InChI=1S/C16H23NO2S/c1-19-14-10-12-7-8-13(11-14)17(12)16(18)6-2-4-15-5-3-9-20-15/h3,5,9,12-14H,2,4,6-8,10-11H2,1H3/t12-,13+,14?.